The van der Waals surface area contributed by atoms with Crippen LogP contribution in [0.3, 0.4) is 0 Å². The summed E-state index contributed by atoms with van der Waals surface area (Å²) in [6, 6.07) is 14.5. The second-order valence-electron chi connectivity index (χ2n) is 4.95. The fourth-order valence-corrected chi connectivity index (χ4v) is 2.65. The molecule has 3 rings (SSSR count). The van der Waals surface area contributed by atoms with Gasteiger partial charge in [0, 0.05) is 10.6 Å². The number of hydrogen-bond acceptors (Lipinski definition) is 3. The van der Waals surface area contributed by atoms with Crippen molar-refractivity contribution in [2.45, 2.75) is 18.8 Å². The summed E-state index contributed by atoms with van der Waals surface area (Å²) in [6.07, 6.45) is -1.36. The van der Waals surface area contributed by atoms with Gasteiger partial charge in [-0.3, -0.25) is 0 Å². The molecule has 2 aromatic rings. The molecule has 0 saturated heterocycles. The molecule has 1 aliphatic rings. The van der Waals surface area contributed by atoms with Crippen LogP contribution >= 0.6 is 11.6 Å². The monoisotopic (exact) mass is 304 g/mol. The van der Waals surface area contributed by atoms with Gasteiger partial charge in [0.2, 0.25) is 0 Å². The molecule has 2 aromatic carbocycles. The van der Waals surface area contributed by atoms with Crippen molar-refractivity contribution in [3.05, 3.63) is 64.7 Å². The van der Waals surface area contributed by atoms with Gasteiger partial charge in [0.1, 0.15) is 11.4 Å². The topological polar surface area (TPSA) is 55.8 Å². The van der Waals surface area contributed by atoms with E-state index in [-0.39, 0.29) is 0 Å². The van der Waals surface area contributed by atoms with Crippen molar-refractivity contribution in [2.24, 2.45) is 0 Å². The zero-order valence-corrected chi connectivity index (χ0v) is 12.0. The summed E-state index contributed by atoms with van der Waals surface area (Å²) in [4.78, 5) is 11.3. The number of benzene rings is 2. The number of rotatable bonds is 2. The minimum Gasteiger partial charge on any atom is -0.477 e. The average molecular weight is 305 g/mol. The van der Waals surface area contributed by atoms with Gasteiger partial charge in [0.15, 0.2) is 0 Å². The van der Waals surface area contributed by atoms with Gasteiger partial charge < -0.3 is 14.6 Å². The first-order valence-electron chi connectivity index (χ1n) is 6.43. The number of aliphatic carboxylic acids is 1. The molecule has 4 nitrogen and oxygen atoms in total. The molecule has 0 spiro atoms. The van der Waals surface area contributed by atoms with E-state index in [0.717, 1.165) is 5.56 Å². The van der Waals surface area contributed by atoms with Crippen molar-refractivity contribution in [3.63, 3.8) is 0 Å². The second-order valence-corrected chi connectivity index (χ2v) is 5.38. The molecule has 1 N–H and O–H groups in total. The number of halogens is 1. The molecular weight excluding hydrogens is 292 g/mol. The molecule has 0 fully saturated rings. The Kier molecular flexibility index (Phi) is 3.35. The first-order chi connectivity index (χ1) is 10.0. The molecule has 21 heavy (non-hydrogen) atoms. The van der Waals surface area contributed by atoms with Crippen LogP contribution in [-0.2, 0) is 15.1 Å². The Morgan fingerprint density at radius 2 is 1.95 bits per heavy atom. The van der Waals surface area contributed by atoms with Crippen molar-refractivity contribution in [3.8, 4) is 5.75 Å². The lowest BCUT2D eigenvalue weighted by Gasteiger charge is -2.39. The number of carboxylic acids is 1. The van der Waals surface area contributed by atoms with Gasteiger partial charge in [-0.25, -0.2) is 4.79 Å². The van der Waals surface area contributed by atoms with Crippen molar-refractivity contribution in [2.75, 3.05) is 0 Å². The zero-order chi connectivity index (χ0) is 15.0. The van der Waals surface area contributed by atoms with Gasteiger partial charge in [-0.05, 0) is 30.7 Å². The van der Waals surface area contributed by atoms with Crippen LogP contribution in [0.15, 0.2) is 48.5 Å². The fourth-order valence-electron chi connectivity index (χ4n) is 2.48. The molecule has 0 aliphatic carbocycles. The van der Waals surface area contributed by atoms with Crippen LogP contribution in [0.5, 0.6) is 5.75 Å². The minimum absolute atomic E-state index is 0.462. The summed E-state index contributed by atoms with van der Waals surface area (Å²) in [5.41, 5.74) is 0.602. The maximum atomic E-state index is 11.3. The molecular formula is C16H13ClO4. The van der Waals surface area contributed by atoms with Crippen LogP contribution in [0.4, 0.5) is 0 Å². The number of hydrogen-bond donors (Lipinski definition) is 1. The maximum absolute atomic E-state index is 11.3. The van der Waals surface area contributed by atoms with Gasteiger partial charge in [0.05, 0.1) is 0 Å². The average Bonchev–Trinajstić information content (AvgIpc) is 2.48. The minimum atomic E-state index is -1.36. The predicted octanol–water partition coefficient (Wildman–Crippen LogP) is 3.42. The summed E-state index contributed by atoms with van der Waals surface area (Å²) in [7, 11) is 0. The van der Waals surface area contributed by atoms with E-state index in [1.807, 2.05) is 37.3 Å². The van der Waals surface area contributed by atoms with Crippen molar-refractivity contribution < 1.29 is 19.4 Å². The van der Waals surface area contributed by atoms with Crippen LogP contribution in [0.1, 0.15) is 18.1 Å². The summed E-state index contributed by atoms with van der Waals surface area (Å²) in [6.45, 7) is 1.82. The summed E-state index contributed by atoms with van der Waals surface area (Å²) in [5.74, 6) is -0.706. The quantitative estimate of drug-likeness (QED) is 0.923. The number of carbonyl (C=O) groups is 1. The van der Waals surface area contributed by atoms with Crippen LogP contribution in [0.2, 0.25) is 5.02 Å². The lowest BCUT2D eigenvalue weighted by Crippen LogP contribution is -2.44. The normalized spacial score (nSPS) is 24.0. The van der Waals surface area contributed by atoms with Crippen molar-refractivity contribution >= 4 is 17.6 Å². The molecule has 2 atom stereocenters. The van der Waals surface area contributed by atoms with Gasteiger partial charge >= 0.3 is 5.97 Å². The Morgan fingerprint density at radius 1 is 1.24 bits per heavy atom. The fraction of sp³-hybridized carbons (Fsp3) is 0.188. The van der Waals surface area contributed by atoms with Gasteiger partial charge in [-0.15, -0.1) is 0 Å². The highest BCUT2D eigenvalue weighted by Gasteiger charge is 2.43. The standard InChI is InChI=1S/C16H13ClO4/c1-16(10-5-3-2-4-6-10)12-9-11(17)7-8-13(12)20-15(21-16)14(18)19/h2-9,15H,1H3,(H,18,19)/t15-,16-/m1/s1. The Hall–Kier alpha value is -2.04. The van der Waals surface area contributed by atoms with E-state index in [2.05, 4.69) is 0 Å². The largest absolute Gasteiger partial charge is 0.477 e. The maximum Gasteiger partial charge on any atom is 0.373 e. The first kappa shape index (κ1) is 13.9. The summed E-state index contributed by atoms with van der Waals surface area (Å²) in [5, 5.41) is 9.76. The molecule has 1 aliphatic heterocycles. The lowest BCUT2D eigenvalue weighted by molar-refractivity contribution is -0.201. The van der Waals surface area contributed by atoms with Crippen LogP contribution in [0.25, 0.3) is 0 Å². The number of ether oxygens (including phenoxy) is 2. The number of carboxylic acid groups (broad SMARTS) is 1. The SMILES string of the molecule is C[C@]1(c2ccccc2)O[C@H](C(=O)O)Oc2ccc(Cl)cc21. The van der Waals surface area contributed by atoms with E-state index < -0.39 is 17.9 Å². The Balaban J connectivity index is 2.19. The van der Waals surface area contributed by atoms with E-state index in [1.54, 1.807) is 18.2 Å². The van der Waals surface area contributed by atoms with Crippen LogP contribution < -0.4 is 4.74 Å². The molecule has 5 heteroatoms. The molecule has 0 unspecified atom stereocenters. The second kappa shape index (κ2) is 5.06. The molecule has 0 aromatic heterocycles. The summed E-state index contributed by atoms with van der Waals surface area (Å²) >= 11 is 6.06. The highest BCUT2D eigenvalue weighted by molar-refractivity contribution is 6.30. The van der Waals surface area contributed by atoms with E-state index in [1.165, 1.54) is 0 Å². The Morgan fingerprint density at radius 3 is 2.62 bits per heavy atom. The van der Waals surface area contributed by atoms with Crippen LogP contribution in [0, 0.1) is 0 Å². The highest BCUT2D eigenvalue weighted by Crippen LogP contribution is 2.44. The van der Waals surface area contributed by atoms with Crippen LogP contribution in [-0.4, -0.2) is 17.4 Å². The molecule has 0 radical (unpaired) electrons. The predicted molar refractivity (Wildman–Crippen MR) is 77.5 cm³/mol. The molecule has 0 amide bonds. The molecule has 108 valence electrons. The van der Waals surface area contributed by atoms with E-state index in [4.69, 9.17) is 21.1 Å². The smallest absolute Gasteiger partial charge is 0.373 e. The third-order valence-corrected chi connectivity index (χ3v) is 3.79. The third kappa shape index (κ3) is 2.37. The third-order valence-electron chi connectivity index (χ3n) is 3.56. The van der Waals surface area contributed by atoms with E-state index in [9.17, 15) is 9.90 Å². The molecule has 0 bridgehead atoms. The van der Waals surface area contributed by atoms with Gasteiger partial charge in [0.25, 0.3) is 6.29 Å². The molecule has 1 heterocycles. The Bertz CT molecular complexity index is 686. The van der Waals surface area contributed by atoms with Gasteiger partial charge in [-0.1, -0.05) is 41.9 Å². The highest BCUT2D eigenvalue weighted by atomic mass is 35.5. The number of fused-ring (bicyclic) bond motifs is 1. The van der Waals surface area contributed by atoms with Crippen molar-refractivity contribution in [1.29, 1.82) is 0 Å². The first-order valence-corrected chi connectivity index (χ1v) is 6.81. The van der Waals surface area contributed by atoms with E-state index in [0.29, 0.717) is 16.3 Å². The summed E-state index contributed by atoms with van der Waals surface area (Å²) < 4.78 is 11.1. The molecule has 0 saturated carbocycles. The zero-order valence-electron chi connectivity index (χ0n) is 11.2. The Labute approximate surface area is 126 Å². The van der Waals surface area contributed by atoms with E-state index >= 15 is 0 Å². The van der Waals surface area contributed by atoms with Crippen molar-refractivity contribution in [1.82, 2.24) is 0 Å². The lowest BCUT2D eigenvalue weighted by atomic mass is 9.86. The van der Waals surface area contributed by atoms with Gasteiger partial charge in [-0.2, -0.15) is 0 Å².